The van der Waals surface area contributed by atoms with Crippen molar-refractivity contribution in [2.24, 2.45) is 0 Å². The smallest absolute Gasteiger partial charge is 0.485 e. The number of hydrogen-bond donors (Lipinski definition) is 0. The highest BCUT2D eigenvalue weighted by atomic mass is 127. The highest BCUT2D eigenvalue weighted by Gasteiger charge is 2.36. The van der Waals surface area contributed by atoms with Gasteiger partial charge in [-0.1, -0.05) is 47.5 Å². The third-order valence-corrected chi connectivity index (χ3v) is 7.00. The SMILES string of the molecule is Clc1cccc(Cl)c1[I+]c1ccccc1.O=S(=O)([O-])C(F)(F)F. The largest absolute Gasteiger partial charge is 0.741 e. The molecule has 0 bridgehead atoms. The van der Waals surface area contributed by atoms with E-state index in [0.717, 1.165) is 13.6 Å². The minimum Gasteiger partial charge on any atom is -0.741 e. The van der Waals surface area contributed by atoms with Crippen molar-refractivity contribution in [3.63, 3.8) is 0 Å². The normalized spacial score (nSPS) is 11.6. The van der Waals surface area contributed by atoms with Crippen LogP contribution in [0.4, 0.5) is 13.2 Å². The molecule has 0 spiro atoms. The zero-order chi connectivity index (χ0) is 17.7. The standard InChI is InChI=1S/C12H8Cl2I.CHF3O3S/c13-10-7-4-8-11(14)12(10)15-9-5-2-1-3-6-9;2-1(3,4)8(5,6)7/h1-8H;(H,5,6,7)/q+1;/p-1. The number of rotatable bonds is 2. The van der Waals surface area contributed by atoms with E-state index in [9.17, 15) is 13.2 Å². The minimum absolute atomic E-state index is 0.279. The predicted octanol–water partition coefficient (Wildman–Crippen LogP) is 1.17. The third-order valence-electron chi connectivity index (χ3n) is 2.12. The summed E-state index contributed by atoms with van der Waals surface area (Å²) in [6, 6.07) is 16.0. The van der Waals surface area contributed by atoms with Crippen LogP contribution in [-0.2, 0) is 10.1 Å². The Bertz CT molecular complexity index is 733. The van der Waals surface area contributed by atoms with Gasteiger partial charge >= 0.3 is 26.7 Å². The summed E-state index contributed by atoms with van der Waals surface area (Å²) >= 11 is 12.0. The first-order valence-corrected chi connectivity index (χ1v) is 10.0. The molecule has 0 radical (unpaired) electrons. The van der Waals surface area contributed by atoms with Crippen LogP contribution in [-0.4, -0.2) is 18.5 Å². The highest BCUT2D eigenvalue weighted by molar-refractivity contribution is 7.86. The lowest BCUT2D eigenvalue weighted by Crippen LogP contribution is -3.61. The van der Waals surface area contributed by atoms with Crippen LogP contribution in [0.1, 0.15) is 0 Å². The molecule has 0 fully saturated rings. The Morgan fingerprint density at radius 2 is 1.35 bits per heavy atom. The van der Waals surface area contributed by atoms with Crippen molar-refractivity contribution in [2.45, 2.75) is 5.51 Å². The quantitative estimate of drug-likeness (QED) is 0.270. The molecule has 10 heteroatoms. The van der Waals surface area contributed by atoms with Gasteiger partial charge in [0.05, 0.1) is 10.0 Å². The van der Waals surface area contributed by atoms with Crippen LogP contribution < -0.4 is 21.2 Å². The Morgan fingerprint density at radius 3 is 1.74 bits per heavy atom. The fourth-order valence-corrected chi connectivity index (χ4v) is 4.30. The Hall–Kier alpha value is -0.550. The first-order chi connectivity index (χ1) is 10.5. The number of alkyl halides is 3. The van der Waals surface area contributed by atoms with Crippen molar-refractivity contribution in [1.29, 1.82) is 0 Å². The van der Waals surface area contributed by atoms with Gasteiger partial charge in [-0.25, -0.2) is 8.42 Å². The molecule has 0 saturated heterocycles. The van der Waals surface area contributed by atoms with E-state index < -0.39 is 15.6 Å². The Balaban J connectivity index is 0.000000284. The second kappa shape index (κ2) is 8.52. The number of benzene rings is 2. The van der Waals surface area contributed by atoms with Gasteiger partial charge in [0, 0.05) is 0 Å². The lowest BCUT2D eigenvalue weighted by Gasteiger charge is -2.08. The monoisotopic (exact) mass is 498 g/mol. The van der Waals surface area contributed by atoms with E-state index in [4.69, 9.17) is 36.2 Å². The molecule has 0 aliphatic heterocycles. The maximum Gasteiger partial charge on any atom is 0.485 e. The zero-order valence-corrected chi connectivity index (χ0v) is 15.5. The van der Waals surface area contributed by atoms with Crippen LogP contribution in [0.5, 0.6) is 0 Å². The molecular weight excluding hydrogens is 491 g/mol. The van der Waals surface area contributed by atoms with Gasteiger partial charge in [0.2, 0.25) is 3.57 Å². The van der Waals surface area contributed by atoms with Gasteiger partial charge in [-0.05, 0) is 24.3 Å². The van der Waals surface area contributed by atoms with Gasteiger partial charge < -0.3 is 4.55 Å². The number of halogens is 6. The van der Waals surface area contributed by atoms with E-state index in [0.29, 0.717) is 0 Å². The predicted molar refractivity (Wildman–Crippen MR) is 76.1 cm³/mol. The topological polar surface area (TPSA) is 57.2 Å². The molecule has 0 unspecified atom stereocenters. The van der Waals surface area contributed by atoms with Crippen molar-refractivity contribution in [2.75, 3.05) is 0 Å². The Labute approximate surface area is 151 Å². The van der Waals surface area contributed by atoms with E-state index in [-0.39, 0.29) is 21.2 Å². The molecule has 126 valence electrons. The molecule has 0 aliphatic rings. The average Bonchev–Trinajstić information content (AvgIpc) is 2.43. The first kappa shape index (κ1) is 20.5. The fourth-order valence-electron chi connectivity index (χ4n) is 1.15. The van der Waals surface area contributed by atoms with Crippen LogP contribution in [0.25, 0.3) is 0 Å². The van der Waals surface area contributed by atoms with Crippen LogP contribution in [0.15, 0.2) is 48.5 Å². The molecule has 0 saturated carbocycles. The lowest BCUT2D eigenvalue weighted by atomic mass is 10.4. The van der Waals surface area contributed by atoms with Crippen LogP contribution in [0.3, 0.4) is 0 Å². The lowest BCUT2D eigenvalue weighted by molar-refractivity contribution is -0.597. The molecular formula is C13H8Cl2F3IO3S. The van der Waals surface area contributed by atoms with Gasteiger partial charge in [0.1, 0.15) is 0 Å². The second-order valence-electron chi connectivity index (χ2n) is 3.83. The maximum atomic E-state index is 10.7. The summed E-state index contributed by atoms with van der Waals surface area (Å²) in [4.78, 5) is 0. The van der Waals surface area contributed by atoms with Gasteiger partial charge in [0.15, 0.2) is 13.7 Å². The van der Waals surface area contributed by atoms with Gasteiger partial charge in [-0.2, -0.15) is 13.2 Å². The molecule has 0 aromatic heterocycles. The molecule has 0 amide bonds. The van der Waals surface area contributed by atoms with Crippen molar-refractivity contribution >= 4 is 33.3 Å². The zero-order valence-electron chi connectivity index (χ0n) is 11.0. The molecule has 0 heterocycles. The molecule has 2 rings (SSSR count). The van der Waals surface area contributed by atoms with E-state index in [1.54, 1.807) is 0 Å². The van der Waals surface area contributed by atoms with Crippen LogP contribution in [0.2, 0.25) is 10.0 Å². The molecule has 2 aromatic rings. The Kier molecular flexibility index (Phi) is 7.59. The van der Waals surface area contributed by atoms with E-state index in [2.05, 4.69) is 12.1 Å². The summed E-state index contributed by atoms with van der Waals surface area (Å²) in [5, 5.41) is 1.55. The van der Waals surface area contributed by atoms with E-state index in [1.807, 2.05) is 36.4 Å². The summed E-state index contributed by atoms with van der Waals surface area (Å²) in [7, 11) is -6.09. The highest BCUT2D eigenvalue weighted by Crippen LogP contribution is 2.20. The minimum atomic E-state index is -6.09. The summed E-state index contributed by atoms with van der Waals surface area (Å²) in [6.07, 6.45) is 0. The third kappa shape index (κ3) is 6.84. The second-order valence-corrected chi connectivity index (χ2v) is 8.87. The van der Waals surface area contributed by atoms with Crippen LogP contribution >= 0.6 is 23.2 Å². The Morgan fingerprint density at radius 1 is 0.913 bits per heavy atom. The first-order valence-electron chi connectivity index (χ1n) is 5.68. The average molecular weight is 499 g/mol. The summed E-state index contributed by atoms with van der Waals surface area (Å²) in [6.45, 7) is 0. The van der Waals surface area contributed by atoms with Crippen molar-refractivity contribution in [1.82, 2.24) is 0 Å². The molecule has 23 heavy (non-hydrogen) atoms. The molecule has 0 aliphatic carbocycles. The van der Waals surface area contributed by atoms with Gasteiger partial charge in [0.25, 0.3) is 0 Å². The molecule has 0 N–H and O–H groups in total. The summed E-state index contributed by atoms with van der Waals surface area (Å²) < 4.78 is 61.3. The van der Waals surface area contributed by atoms with E-state index in [1.165, 1.54) is 3.57 Å². The molecule has 0 atom stereocenters. The van der Waals surface area contributed by atoms with Crippen molar-refractivity contribution in [3.8, 4) is 0 Å². The molecule has 2 aromatic carbocycles. The number of hydrogen-bond acceptors (Lipinski definition) is 3. The van der Waals surface area contributed by atoms with Gasteiger partial charge in [-0.15, -0.1) is 0 Å². The van der Waals surface area contributed by atoms with Crippen molar-refractivity contribution in [3.05, 3.63) is 65.7 Å². The van der Waals surface area contributed by atoms with Gasteiger partial charge in [-0.3, -0.25) is 0 Å². The fraction of sp³-hybridized carbons (Fsp3) is 0.0769. The van der Waals surface area contributed by atoms with Crippen molar-refractivity contribution < 1.29 is 47.3 Å². The summed E-state index contributed by atoms with van der Waals surface area (Å²) in [5.74, 6) is 0. The molecule has 3 nitrogen and oxygen atoms in total. The van der Waals surface area contributed by atoms with Crippen LogP contribution in [0, 0.1) is 7.14 Å². The summed E-state index contributed by atoms with van der Waals surface area (Å²) in [5.41, 5.74) is -5.65. The van der Waals surface area contributed by atoms with E-state index >= 15 is 0 Å². The maximum absolute atomic E-state index is 10.7.